The van der Waals surface area contributed by atoms with Crippen molar-refractivity contribution < 1.29 is 9.72 Å². The first-order valence-corrected chi connectivity index (χ1v) is 9.42. The van der Waals surface area contributed by atoms with Gasteiger partial charge in [0.1, 0.15) is 5.69 Å². The van der Waals surface area contributed by atoms with Crippen LogP contribution in [0, 0.1) is 10.1 Å². The van der Waals surface area contributed by atoms with Crippen LogP contribution < -0.4 is 5.32 Å². The van der Waals surface area contributed by atoms with Gasteiger partial charge in [0.25, 0.3) is 11.6 Å². The van der Waals surface area contributed by atoms with Crippen LogP contribution in [0.15, 0.2) is 36.9 Å². The zero-order valence-corrected chi connectivity index (χ0v) is 15.3. The third-order valence-corrected chi connectivity index (χ3v) is 4.85. The fourth-order valence-electron chi connectivity index (χ4n) is 3.40. The van der Waals surface area contributed by atoms with Crippen LogP contribution in [-0.4, -0.2) is 51.5 Å². The third-order valence-electron chi connectivity index (χ3n) is 4.85. The largest absolute Gasteiger partial charge is 0.352 e. The summed E-state index contributed by atoms with van der Waals surface area (Å²) in [5.41, 5.74) is 0.556. The molecule has 144 valence electrons. The Morgan fingerprint density at radius 3 is 2.67 bits per heavy atom. The molecule has 2 aromatic rings. The van der Waals surface area contributed by atoms with Crippen LogP contribution in [0.4, 0.5) is 5.69 Å². The number of hydrogen-bond acceptors (Lipinski definition) is 5. The second kappa shape index (κ2) is 9.27. The number of aromatic nitrogens is 2. The van der Waals surface area contributed by atoms with Crippen LogP contribution >= 0.6 is 0 Å². The Morgan fingerprint density at radius 1 is 1.22 bits per heavy atom. The Hall–Kier alpha value is -2.74. The Labute approximate surface area is 158 Å². The van der Waals surface area contributed by atoms with E-state index < -0.39 is 4.92 Å². The molecule has 0 spiro atoms. The van der Waals surface area contributed by atoms with Gasteiger partial charge in [-0.2, -0.15) is 0 Å². The molecule has 8 heteroatoms. The van der Waals surface area contributed by atoms with Crippen LogP contribution in [-0.2, 0) is 0 Å². The first-order chi connectivity index (χ1) is 13.1. The minimum absolute atomic E-state index is 0.120. The van der Waals surface area contributed by atoms with E-state index in [0.717, 1.165) is 26.1 Å². The average molecular weight is 371 g/mol. The van der Waals surface area contributed by atoms with E-state index in [1.54, 1.807) is 29.1 Å². The molecular weight excluding hydrogens is 346 g/mol. The van der Waals surface area contributed by atoms with Crippen LogP contribution in [0.25, 0.3) is 5.69 Å². The van der Waals surface area contributed by atoms with E-state index in [4.69, 9.17) is 0 Å². The fourth-order valence-corrected chi connectivity index (χ4v) is 3.40. The molecule has 1 aliphatic rings. The van der Waals surface area contributed by atoms with E-state index in [9.17, 15) is 14.9 Å². The average Bonchev–Trinajstić information content (AvgIpc) is 3.08. The van der Waals surface area contributed by atoms with E-state index in [0.29, 0.717) is 17.8 Å². The molecular formula is C19H25N5O3. The summed E-state index contributed by atoms with van der Waals surface area (Å²) >= 11 is 0. The Balaban J connectivity index is 1.56. The number of amides is 1. The number of carbonyl (C=O) groups excluding carboxylic acids is 1. The lowest BCUT2D eigenvalue weighted by Gasteiger charge is -2.19. The number of carbonyl (C=O) groups is 1. The van der Waals surface area contributed by atoms with E-state index in [2.05, 4.69) is 15.2 Å². The lowest BCUT2D eigenvalue weighted by atomic mass is 10.1. The molecule has 1 aromatic heterocycles. The highest BCUT2D eigenvalue weighted by molar-refractivity contribution is 5.95. The van der Waals surface area contributed by atoms with Crippen molar-refractivity contribution >= 4 is 11.6 Å². The van der Waals surface area contributed by atoms with E-state index in [-0.39, 0.29) is 11.6 Å². The number of nitro benzene ring substituents is 1. The number of imidazole rings is 1. The van der Waals surface area contributed by atoms with Gasteiger partial charge >= 0.3 is 0 Å². The first-order valence-electron chi connectivity index (χ1n) is 9.42. The van der Waals surface area contributed by atoms with Gasteiger partial charge < -0.3 is 14.8 Å². The molecule has 0 radical (unpaired) electrons. The van der Waals surface area contributed by atoms with E-state index in [1.165, 1.54) is 38.1 Å². The quantitative estimate of drug-likeness (QED) is 0.459. The molecule has 1 fully saturated rings. The number of nitro groups is 1. The van der Waals surface area contributed by atoms with Gasteiger partial charge in [-0.15, -0.1) is 0 Å². The highest BCUT2D eigenvalue weighted by Gasteiger charge is 2.18. The van der Waals surface area contributed by atoms with Gasteiger partial charge in [0.05, 0.1) is 11.3 Å². The van der Waals surface area contributed by atoms with Crippen molar-refractivity contribution in [1.82, 2.24) is 19.8 Å². The summed E-state index contributed by atoms with van der Waals surface area (Å²) in [6, 6.07) is 4.50. The predicted octanol–water partition coefficient (Wildman–Crippen LogP) is 2.78. The summed E-state index contributed by atoms with van der Waals surface area (Å²) in [6.07, 6.45) is 10.7. The summed E-state index contributed by atoms with van der Waals surface area (Å²) < 4.78 is 1.56. The van der Waals surface area contributed by atoms with Crippen molar-refractivity contribution in [2.24, 2.45) is 0 Å². The smallest absolute Gasteiger partial charge is 0.294 e. The Morgan fingerprint density at radius 2 is 2.00 bits per heavy atom. The summed E-state index contributed by atoms with van der Waals surface area (Å²) in [5.74, 6) is -0.286. The number of rotatable bonds is 7. The molecule has 1 aliphatic heterocycles. The second-order valence-corrected chi connectivity index (χ2v) is 6.80. The van der Waals surface area contributed by atoms with Gasteiger partial charge in [-0.3, -0.25) is 14.9 Å². The number of hydrogen-bond donors (Lipinski definition) is 1. The maximum atomic E-state index is 12.4. The third kappa shape index (κ3) is 5.13. The number of likely N-dealkylation sites (tertiary alicyclic amines) is 1. The van der Waals surface area contributed by atoms with Crippen molar-refractivity contribution in [3.05, 3.63) is 52.6 Å². The lowest BCUT2D eigenvalue weighted by molar-refractivity contribution is -0.384. The van der Waals surface area contributed by atoms with Crippen molar-refractivity contribution in [2.45, 2.75) is 32.1 Å². The van der Waals surface area contributed by atoms with Crippen molar-refractivity contribution in [3.63, 3.8) is 0 Å². The zero-order valence-electron chi connectivity index (χ0n) is 15.3. The van der Waals surface area contributed by atoms with Crippen molar-refractivity contribution in [1.29, 1.82) is 0 Å². The van der Waals surface area contributed by atoms with Gasteiger partial charge in [-0.05, 0) is 51.0 Å². The SMILES string of the molecule is O=C(NCCCN1CCCCCC1)c1ccc(-n2ccnc2)c([N+](=O)[O-])c1. The summed E-state index contributed by atoms with van der Waals surface area (Å²) in [5, 5.41) is 14.3. The van der Waals surface area contributed by atoms with Crippen LogP contribution in [0.1, 0.15) is 42.5 Å². The summed E-state index contributed by atoms with van der Waals surface area (Å²) in [7, 11) is 0. The van der Waals surface area contributed by atoms with Crippen LogP contribution in [0.2, 0.25) is 0 Å². The Bertz CT molecular complexity index is 768. The van der Waals surface area contributed by atoms with Crippen molar-refractivity contribution in [2.75, 3.05) is 26.2 Å². The first kappa shape index (κ1) is 19.0. The van der Waals surface area contributed by atoms with E-state index in [1.807, 2.05) is 0 Å². The standard InChI is InChI=1S/C19H25N5O3/c25-19(21-8-5-12-22-10-3-1-2-4-11-22)16-6-7-17(18(14-16)24(26)27)23-13-9-20-15-23/h6-7,9,13-15H,1-5,8,10-12H2,(H,21,25). The maximum absolute atomic E-state index is 12.4. The molecule has 8 nitrogen and oxygen atoms in total. The summed E-state index contributed by atoms with van der Waals surface area (Å²) in [6.45, 7) is 3.80. The van der Waals surface area contributed by atoms with Crippen LogP contribution in [0.3, 0.4) is 0 Å². The molecule has 0 aliphatic carbocycles. The van der Waals surface area contributed by atoms with Gasteiger partial charge in [0.15, 0.2) is 0 Å². The van der Waals surface area contributed by atoms with Gasteiger partial charge in [-0.25, -0.2) is 4.98 Å². The molecule has 0 bridgehead atoms. The molecule has 3 rings (SSSR count). The highest BCUT2D eigenvalue weighted by Crippen LogP contribution is 2.24. The van der Waals surface area contributed by atoms with Crippen LogP contribution in [0.5, 0.6) is 0 Å². The number of nitrogens with zero attached hydrogens (tertiary/aromatic N) is 4. The monoisotopic (exact) mass is 371 g/mol. The molecule has 0 atom stereocenters. The van der Waals surface area contributed by atoms with Gasteiger partial charge in [0.2, 0.25) is 0 Å². The topological polar surface area (TPSA) is 93.3 Å². The van der Waals surface area contributed by atoms with Gasteiger partial charge in [-0.1, -0.05) is 12.8 Å². The molecule has 27 heavy (non-hydrogen) atoms. The maximum Gasteiger partial charge on any atom is 0.294 e. The predicted molar refractivity (Wildman–Crippen MR) is 102 cm³/mol. The molecule has 1 N–H and O–H groups in total. The molecule has 2 heterocycles. The molecule has 0 saturated carbocycles. The lowest BCUT2D eigenvalue weighted by Crippen LogP contribution is -2.30. The highest BCUT2D eigenvalue weighted by atomic mass is 16.6. The normalized spacial score (nSPS) is 15.3. The molecule has 1 aromatic carbocycles. The second-order valence-electron chi connectivity index (χ2n) is 6.80. The minimum atomic E-state index is -0.481. The Kier molecular flexibility index (Phi) is 6.54. The molecule has 1 amide bonds. The molecule has 0 unspecified atom stereocenters. The number of nitrogens with one attached hydrogen (secondary N) is 1. The summed E-state index contributed by atoms with van der Waals surface area (Å²) in [4.78, 5) is 29.6. The minimum Gasteiger partial charge on any atom is -0.352 e. The van der Waals surface area contributed by atoms with Gasteiger partial charge in [0, 0.05) is 30.6 Å². The zero-order chi connectivity index (χ0) is 19.1. The van der Waals surface area contributed by atoms with E-state index >= 15 is 0 Å². The number of benzene rings is 1. The molecule has 1 saturated heterocycles. The fraction of sp³-hybridized carbons (Fsp3) is 0.474. The van der Waals surface area contributed by atoms with Crippen molar-refractivity contribution in [3.8, 4) is 5.69 Å².